The van der Waals surface area contributed by atoms with Crippen molar-refractivity contribution in [1.82, 2.24) is 19.7 Å². The van der Waals surface area contributed by atoms with Crippen LogP contribution in [0.15, 0.2) is 61.2 Å². The van der Waals surface area contributed by atoms with Gasteiger partial charge in [-0.05, 0) is 49.7 Å². The summed E-state index contributed by atoms with van der Waals surface area (Å²) in [5.74, 6) is -5.51. The third-order valence-electron chi connectivity index (χ3n) is 6.65. The van der Waals surface area contributed by atoms with E-state index in [4.69, 9.17) is 19.8 Å². The lowest BCUT2D eigenvalue weighted by atomic mass is 9.74. The minimum Gasteiger partial charge on any atom is -0.475 e. The fourth-order valence-electron chi connectivity index (χ4n) is 4.75. The Bertz CT molecular complexity index is 1300. The first kappa shape index (κ1) is 31.4. The number of para-hydroxylation sites is 1. The predicted octanol–water partition coefficient (Wildman–Crippen LogP) is 4.77. The van der Waals surface area contributed by atoms with Crippen molar-refractivity contribution in [2.75, 3.05) is 24.5 Å². The quantitative estimate of drug-likeness (QED) is 0.422. The molecule has 0 aliphatic carbocycles. The molecule has 2 N–H and O–H groups in total. The van der Waals surface area contributed by atoms with Gasteiger partial charge in [-0.1, -0.05) is 18.2 Å². The van der Waals surface area contributed by atoms with Gasteiger partial charge in [-0.3, -0.25) is 14.6 Å². The van der Waals surface area contributed by atoms with Gasteiger partial charge in [-0.15, -0.1) is 0 Å². The van der Waals surface area contributed by atoms with Gasteiger partial charge in [0.15, 0.2) is 0 Å². The van der Waals surface area contributed by atoms with Crippen molar-refractivity contribution in [1.29, 1.82) is 0 Å². The van der Waals surface area contributed by atoms with Crippen LogP contribution in [-0.2, 0) is 28.6 Å². The fraction of sp³-hybridized carbons (Fsp3) is 0.385. The van der Waals surface area contributed by atoms with E-state index in [9.17, 15) is 26.3 Å². The number of aryl methyl sites for hydroxylation is 1. The number of carboxylic acids is 2. The molecule has 2 aliphatic heterocycles. The van der Waals surface area contributed by atoms with Crippen LogP contribution in [0.5, 0.6) is 0 Å². The van der Waals surface area contributed by atoms with Crippen LogP contribution in [-0.4, -0.2) is 73.8 Å². The average molecular weight is 588 g/mol. The molecule has 15 heteroatoms. The molecule has 5 rings (SSSR count). The van der Waals surface area contributed by atoms with Gasteiger partial charge >= 0.3 is 24.3 Å². The Morgan fingerprint density at radius 1 is 0.927 bits per heavy atom. The van der Waals surface area contributed by atoms with Crippen molar-refractivity contribution in [3.63, 3.8) is 0 Å². The van der Waals surface area contributed by atoms with Gasteiger partial charge in [0.1, 0.15) is 0 Å². The van der Waals surface area contributed by atoms with Crippen LogP contribution >= 0.6 is 0 Å². The summed E-state index contributed by atoms with van der Waals surface area (Å²) in [6, 6.07) is 13.1. The number of carboxylic acid groups (broad SMARTS) is 2. The molecule has 0 amide bonds. The zero-order valence-electron chi connectivity index (χ0n) is 21.7. The zero-order chi connectivity index (χ0) is 30.4. The normalized spacial score (nSPS) is 16.2. The second-order valence-corrected chi connectivity index (χ2v) is 9.50. The minimum atomic E-state index is -5.08. The van der Waals surface area contributed by atoms with E-state index in [0.717, 1.165) is 26.2 Å². The number of hydrogen-bond donors (Lipinski definition) is 2. The number of hydrogen-bond acceptors (Lipinski definition) is 6. The summed E-state index contributed by atoms with van der Waals surface area (Å²) >= 11 is 0. The Balaban J connectivity index is 0.000000276. The number of anilines is 2. The molecule has 1 spiro atoms. The lowest BCUT2D eigenvalue weighted by Gasteiger charge is -2.40. The average Bonchev–Trinajstić information content (AvgIpc) is 3.46. The van der Waals surface area contributed by atoms with E-state index in [1.54, 1.807) is 0 Å². The summed E-state index contributed by atoms with van der Waals surface area (Å²) in [6.07, 6.45) is 0.159. The van der Waals surface area contributed by atoms with Crippen LogP contribution < -0.4 is 4.90 Å². The lowest BCUT2D eigenvalue weighted by Crippen LogP contribution is -2.44. The van der Waals surface area contributed by atoms with Crippen LogP contribution in [0.2, 0.25) is 0 Å². The molecule has 9 nitrogen and oxygen atoms in total. The van der Waals surface area contributed by atoms with Gasteiger partial charge in [-0.2, -0.15) is 31.4 Å². The second kappa shape index (κ2) is 12.6. The Hall–Kier alpha value is -4.14. The van der Waals surface area contributed by atoms with Crippen molar-refractivity contribution in [2.24, 2.45) is 7.05 Å². The molecule has 0 saturated carbocycles. The van der Waals surface area contributed by atoms with Gasteiger partial charge in [-0.25, -0.2) is 9.59 Å². The largest absolute Gasteiger partial charge is 0.490 e. The molecule has 0 bridgehead atoms. The second-order valence-electron chi connectivity index (χ2n) is 9.50. The molecule has 1 saturated heterocycles. The molecule has 0 atom stereocenters. The number of aromatic nitrogens is 3. The highest BCUT2D eigenvalue weighted by molar-refractivity contribution is 5.73. The van der Waals surface area contributed by atoms with Gasteiger partial charge in [0.25, 0.3) is 0 Å². The predicted molar refractivity (Wildman–Crippen MR) is 134 cm³/mol. The number of halogens is 6. The van der Waals surface area contributed by atoms with Crippen molar-refractivity contribution >= 4 is 23.3 Å². The molecule has 4 heterocycles. The smallest absolute Gasteiger partial charge is 0.475 e. The number of rotatable bonds is 3. The Labute approximate surface area is 230 Å². The molecular formula is C26H27F6N5O4. The van der Waals surface area contributed by atoms with Gasteiger partial charge < -0.3 is 15.1 Å². The minimum absolute atomic E-state index is 0.248. The van der Waals surface area contributed by atoms with Crippen LogP contribution in [0.25, 0.3) is 0 Å². The van der Waals surface area contributed by atoms with Gasteiger partial charge in [0.2, 0.25) is 0 Å². The van der Waals surface area contributed by atoms with Gasteiger partial charge in [0, 0.05) is 49.2 Å². The van der Waals surface area contributed by atoms with Crippen molar-refractivity contribution in [2.45, 2.75) is 37.2 Å². The number of alkyl halides is 6. The first-order chi connectivity index (χ1) is 19.1. The SMILES string of the molecule is Cn1cc(CN2CCC3(CC2)CN(c2cccnc2)c2ccccc23)cn1.O=C(O)C(F)(F)F.O=C(O)C(F)(F)F. The molecule has 222 valence electrons. The third-order valence-corrected chi connectivity index (χ3v) is 6.65. The molecule has 0 unspecified atom stereocenters. The Morgan fingerprint density at radius 3 is 2.00 bits per heavy atom. The molecule has 41 heavy (non-hydrogen) atoms. The molecule has 2 aliphatic rings. The number of pyridine rings is 1. The van der Waals surface area contributed by atoms with E-state index < -0.39 is 24.3 Å². The number of likely N-dealkylation sites (tertiary alicyclic amines) is 1. The van der Waals surface area contributed by atoms with Crippen molar-refractivity contribution in [3.8, 4) is 0 Å². The summed E-state index contributed by atoms with van der Waals surface area (Å²) in [7, 11) is 1.98. The van der Waals surface area contributed by atoms with E-state index in [1.165, 1.54) is 35.3 Å². The first-order valence-corrected chi connectivity index (χ1v) is 12.2. The number of fused-ring (bicyclic) bond motifs is 2. The van der Waals surface area contributed by atoms with Crippen LogP contribution in [0.3, 0.4) is 0 Å². The zero-order valence-corrected chi connectivity index (χ0v) is 21.7. The van der Waals surface area contributed by atoms with Crippen molar-refractivity contribution < 1.29 is 46.1 Å². The number of nitrogens with zero attached hydrogens (tertiary/aromatic N) is 5. The maximum Gasteiger partial charge on any atom is 0.490 e. The summed E-state index contributed by atoms with van der Waals surface area (Å²) < 4.78 is 65.4. The fourth-order valence-corrected chi connectivity index (χ4v) is 4.75. The Morgan fingerprint density at radius 2 is 1.51 bits per heavy atom. The summed E-state index contributed by atoms with van der Waals surface area (Å²) in [4.78, 5) is 27.2. The first-order valence-electron chi connectivity index (χ1n) is 12.2. The van der Waals surface area contributed by atoms with Gasteiger partial charge in [0.05, 0.1) is 18.1 Å². The Kier molecular flexibility index (Phi) is 9.63. The number of piperidine rings is 1. The number of carbonyl (C=O) groups is 2. The summed E-state index contributed by atoms with van der Waals surface area (Å²) in [5, 5.41) is 18.6. The maximum absolute atomic E-state index is 10.6. The monoisotopic (exact) mass is 587 g/mol. The molecule has 1 aromatic carbocycles. The topological polar surface area (TPSA) is 112 Å². The molecular weight excluding hydrogens is 560 g/mol. The lowest BCUT2D eigenvalue weighted by molar-refractivity contribution is -0.193. The summed E-state index contributed by atoms with van der Waals surface area (Å²) in [5.41, 5.74) is 5.61. The molecule has 2 aromatic heterocycles. The van der Waals surface area contributed by atoms with Crippen molar-refractivity contribution in [3.05, 3.63) is 72.3 Å². The van der Waals surface area contributed by atoms with E-state index >= 15 is 0 Å². The highest BCUT2D eigenvalue weighted by atomic mass is 19.4. The molecule has 0 radical (unpaired) electrons. The van der Waals surface area contributed by atoms with E-state index in [0.29, 0.717) is 0 Å². The van der Waals surface area contributed by atoms with Crippen LogP contribution in [0.4, 0.5) is 37.7 Å². The van der Waals surface area contributed by atoms with Crippen LogP contribution in [0.1, 0.15) is 24.0 Å². The summed E-state index contributed by atoms with van der Waals surface area (Å²) in [6.45, 7) is 4.31. The highest BCUT2D eigenvalue weighted by Crippen LogP contribution is 2.49. The maximum atomic E-state index is 10.6. The molecule has 3 aromatic rings. The molecule has 1 fully saturated rings. The number of benzene rings is 1. The van der Waals surface area contributed by atoms with E-state index in [1.807, 2.05) is 36.4 Å². The van der Waals surface area contributed by atoms with E-state index in [2.05, 4.69) is 56.4 Å². The van der Waals surface area contributed by atoms with Crippen LogP contribution in [0, 0.1) is 0 Å². The van der Waals surface area contributed by atoms with E-state index in [-0.39, 0.29) is 5.41 Å². The third kappa shape index (κ3) is 8.19. The highest BCUT2D eigenvalue weighted by Gasteiger charge is 2.45. The number of aliphatic carboxylic acids is 2. The standard InChI is InChI=1S/C22H25N5.2C2HF3O2/c1-25-15-18(13-24-25)16-26-11-8-22(9-12-26)17-27(19-5-4-10-23-14-19)21-7-3-2-6-20(21)22;2*3-2(4,5)1(6)7/h2-7,10,13-15H,8-9,11-12,16-17H2,1H3;2*(H,6,7).